The summed E-state index contributed by atoms with van der Waals surface area (Å²) in [7, 11) is 2.01. The predicted octanol–water partition coefficient (Wildman–Crippen LogP) is 3.28. The van der Waals surface area contributed by atoms with Gasteiger partial charge in [0.25, 0.3) is 0 Å². The Morgan fingerprint density at radius 3 is 2.74 bits per heavy atom. The summed E-state index contributed by atoms with van der Waals surface area (Å²) in [6.45, 7) is 6.16. The van der Waals surface area contributed by atoms with Gasteiger partial charge in [-0.05, 0) is 44.9 Å². The second kappa shape index (κ2) is 8.28. The molecule has 35 heavy (non-hydrogen) atoms. The molecule has 2 aliphatic rings. The molecule has 0 spiro atoms. The number of nitrogens with zero attached hydrogens (tertiary/aromatic N) is 6. The van der Waals surface area contributed by atoms with Gasteiger partial charge in [0.15, 0.2) is 11.6 Å². The molecule has 1 saturated heterocycles. The number of ketones is 1. The Kier molecular flexibility index (Phi) is 5.19. The number of aliphatic hydroxyl groups excluding tert-OH is 1. The summed E-state index contributed by atoms with van der Waals surface area (Å²) in [5, 5.41) is 18.4. The van der Waals surface area contributed by atoms with Crippen molar-refractivity contribution in [2.75, 3.05) is 18.4 Å². The number of carbonyl (C=O) groups is 1. The molecule has 0 unspecified atom stereocenters. The maximum Gasteiger partial charge on any atom is 0.229 e. The maximum absolute atomic E-state index is 13.0. The predicted molar refractivity (Wildman–Crippen MR) is 133 cm³/mol. The Morgan fingerprint density at radius 1 is 1.20 bits per heavy atom. The number of aromatic nitrogens is 5. The van der Waals surface area contributed by atoms with Crippen molar-refractivity contribution in [2.45, 2.75) is 39.3 Å². The van der Waals surface area contributed by atoms with Crippen LogP contribution in [0.4, 0.5) is 11.6 Å². The maximum atomic E-state index is 13.0. The van der Waals surface area contributed by atoms with Gasteiger partial charge in [-0.25, -0.2) is 9.67 Å². The Bertz CT molecular complexity index is 1440. The lowest BCUT2D eigenvalue weighted by Gasteiger charge is -2.35. The Hall–Kier alpha value is -3.56. The normalized spacial score (nSPS) is 16.6. The van der Waals surface area contributed by atoms with Crippen LogP contribution >= 0.6 is 0 Å². The first-order valence-electron chi connectivity index (χ1n) is 12.1. The lowest BCUT2D eigenvalue weighted by Crippen LogP contribution is -2.49. The van der Waals surface area contributed by atoms with Crippen LogP contribution in [0.15, 0.2) is 36.7 Å². The number of likely N-dealkylation sites (tertiary alicyclic amines) is 1. The first-order valence-corrected chi connectivity index (χ1v) is 12.1. The molecular weight excluding hydrogens is 442 g/mol. The fourth-order valence-electron chi connectivity index (χ4n) is 4.86. The largest absolute Gasteiger partial charge is 0.390 e. The highest BCUT2D eigenvalue weighted by atomic mass is 16.3. The zero-order valence-electron chi connectivity index (χ0n) is 20.2. The van der Waals surface area contributed by atoms with E-state index in [1.165, 1.54) is 0 Å². The average Bonchev–Trinajstić information content (AvgIpc) is 3.57. The van der Waals surface area contributed by atoms with Gasteiger partial charge in [0.1, 0.15) is 0 Å². The SMILES string of the molecule is Cc1nn(-c2ccnc(Nc3ccc4c(c3)c(C(=O)C3CC3)c(C)n4C)n2)cc1CN1CC(O)C1. The number of benzene rings is 1. The minimum atomic E-state index is -0.220. The van der Waals surface area contributed by atoms with Crippen molar-refractivity contribution in [3.05, 3.63) is 59.2 Å². The van der Waals surface area contributed by atoms with Gasteiger partial charge >= 0.3 is 0 Å². The van der Waals surface area contributed by atoms with Gasteiger partial charge in [-0.3, -0.25) is 9.69 Å². The van der Waals surface area contributed by atoms with E-state index in [4.69, 9.17) is 0 Å². The first-order chi connectivity index (χ1) is 16.9. The van der Waals surface area contributed by atoms with Gasteiger partial charge in [-0.2, -0.15) is 10.1 Å². The van der Waals surface area contributed by atoms with E-state index in [0.717, 1.165) is 58.5 Å². The lowest BCUT2D eigenvalue weighted by atomic mass is 10.0. The topological polar surface area (TPSA) is 101 Å². The van der Waals surface area contributed by atoms with Crippen LogP contribution in [-0.2, 0) is 13.6 Å². The summed E-state index contributed by atoms with van der Waals surface area (Å²) in [5.74, 6) is 1.55. The Labute approximate surface area is 203 Å². The Balaban J connectivity index is 1.26. The molecule has 9 nitrogen and oxygen atoms in total. The molecule has 2 N–H and O–H groups in total. The van der Waals surface area contributed by atoms with E-state index in [9.17, 15) is 9.90 Å². The van der Waals surface area contributed by atoms with E-state index in [2.05, 4.69) is 29.9 Å². The van der Waals surface area contributed by atoms with E-state index < -0.39 is 0 Å². The van der Waals surface area contributed by atoms with Gasteiger partial charge in [0, 0.05) is 84.5 Å². The summed E-state index contributed by atoms with van der Waals surface area (Å²) in [4.78, 5) is 24.2. The van der Waals surface area contributed by atoms with Crippen molar-refractivity contribution in [3.63, 3.8) is 0 Å². The quantitative estimate of drug-likeness (QED) is 0.399. The third kappa shape index (κ3) is 4.00. The molecule has 0 atom stereocenters. The van der Waals surface area contributed by atoms with Crippen molar-refractivity contribution in [1.82, 2.24) is 29.2 Å². The van der Waals surface area contributed by atoms with Crippen LogP contribution in [0.25, 0.3) is 16.7 Å². The molecule has 4 aromatic rings. The molecule has 9 heteroatoms. The van der Waals surface area contributed by atoms with Crippen LogP contribution in [-0.4, -0.2) is 59.3 Å². The molecular formula is C26H29N7O2. The van der Waals surface area contributed by atoms with Crippen molar-refractivity contribution >= 4 is 28.3 Å². The number of nitrogens with one attached hydrogen (secondary N) is 1. The summed E-state index contributed by atoms with van der Waals surface area (Å²) < 4.78 is 3.86. The molecule has 1 aromatic carbocycles. The molecule has 0 amide bonds. The second-order valence-electron chi connectivity index (χ2n) is 9.79. The second-order valence-corrected chi connectivity index (χ2v) is 9.79. The molecule has 1 aliphatic heterocycles. The lowest BCUT2D eigenvalue weighted by molar-refractivity contribution is -0.00297. The van der Waals surface area contributed by atoms with Gasteiger partial charge < -0.3 is 15.0 Å². The molecule has 2 fully saturated rings. The van der Waals surface area contributed by atoms with Crippen LogP contribution < -0.4 is 5.32 Å². The van der Waals surface area contributed by atoms with Gasteiger partial charge in [-0.1, -0.05) is 0 Å². The molecule has 1 aliphatic carbocycles. The molecule has 0 radical (unpaired) electrons. The summed E-state index contributed by atoms with van der Waals surface area (Å²) in [6.07, 6.45) is 5.45. The van der Waals surface area contributed by atoms with Gasteiger partial charge in [-0.15, -0.1) is 0 Å². The van der Waals surface area contributed by atoms with Crippen LogP contribution in [0, 0.1) is 19.8 Å². The molecule has 0 bridgehead atoms. The van der Waals surface area contributed by atoms with Crippen LogP contribution in [0.3, 0.4) is 0 Å². The van der Waals surface area contributed by atoms with Crippen molar-refractivity contribution in [2.24, 2.45) is 13.0 Å². The van der Waals surface area contributed by atoms with Crippen LogP contribution in [0.5, 0.6) is 0 Å². The van der Waals surface area contributed by atoms with Crippen molar-refractivity contribution in [3.8, 4) is 5.82 Å². The third-order valence-electron chi connectivity index (χ3n) is 7.15. The fraction of sp³-hybridized carbons (Fsp3) is 0.385. The summed E-state index contributed by atoms with van der Waals surface area (Å²) >= 11 is 0. The standard InChI is InChI=1S/C26H29N7O2/c1-15-18(11-32-13-20(34)14-32)12-33(30-15)23-8-9-27-26(29-23)28-19-6-7-22-21(10-19)24(16(2)31(22)3)25(35)17-4-5-17/h6-10,12,17,20,34H,4-5,11,13-14H2,1-3H3,(H,27,28,29). The number of hydrogen-bond acceptors (Lipinski definition) is 7. The summed E-state index contributed by atoms with van der Waals surface area (Å²) in [5.41, 5.74) is 5.77. The van der Waals surface area contributed by atoms with E-state index in [1.807, 2.05) is 51.4 Å². The average molecular weight is 472 g/mol. The molecule has 180 valence electrons. The number of Topliss-reactive ketones (excluding diaryl/α,β-unsaturated/α-hetero) is 1. The monoisotopic (exact) mass is 471 g/mol. The number of fused-ring (bicyclic) bond motifs is 1. The third-order valence-corrected chi connectivity index (χ3v) is 7.15. The number of aryl methyl sites for hydroxylation is 2. The number of anilines is 2. The van der Waals surface area contributed by atoms with Crippen molar-refractivity contribution in [1.29, 1.82) is 0 Å². The summed E-state index contributed by atoms with van der Waals surface area (Å²) in [6, 6.07) is 7.87. The minimum Gasteiger partial charge on any atom is -0.390 e. The van der Waals surface area contributed by atoms with Crippen LogP contribution in [0.1, 0.15) is 40.2 Å². The zero-order chi connectivity index (χ0) is 24.3. The highest BCUT2D eigenvalue weighted by Gasteiger charge is 2.33. The Morgan fingerprint density at radius 2 is 2.00 bits per heavy atom. The minimum absolute atomic E-state index is 0.171. The smallest absolute Gasteiger partial charge is 0.229 e. The fourth-order valence-corrected chi connectivity index (χ4v) is 4.86. The molecule has 6 rings (SSSR count). The highest BCUT2D eigenvalue weighted by molar-refractivity contribution is 6.11. The van der Waals surface area contributed by atoms with Crippen LogP contribution in [0.2, 0.25) is 0 Å². The van der Waals surface area contributed by atoms with Gasteiger partial charge in [0.05, 0.1) is 11.8 Å². The molecule has 4 heterocycles. The number of aliphatic hydroxyl groups is 1. The highest BCUT2D eigenvalue weighted by Crippen LogP contribution is 2.37. The first kappa shape index (κ1) is 21.9. The molecule has 1 saturated carbocycles. The van der Waals surface area contributed by atoms with Crippen molar-refractivity contribution < 1.29 is 9.90 Å². The van der Waals surface area contributed by atoms with E-state index in [-0.39, 0.29) is 17.8 Å². The van der Waals surface area contributed by atoms with E-state index in [0.29, 0.717) is 24.9 Å². The zero-order valence-corrected chi connectivity index (χ0v) is 20.2. The molecule has 3 aromatic heterocycles. The van der Waals surface area contributed by atoms with E-state index in [1.54, 1.807) is 10.9 Å². The van der Waals surface area contributed by atoms with E-state index >= 15 is 0 Å². The number of hydrogen-bond donors (Lipinski definition) is 2. The number of rotatable bonds is 7. The number of carbonyl (C=O) groups excluding carboxylic acids is 1. The number of β-amino-alcohol motifs (C(OH)–C–C–N with tert-alkyl or cyclic N) is 1. The van der Waals surface area contributed by atoms with Gasteiger partial charge in [0.2, 0.25) is 5.95 Å².